The van der Waals surface area contributed by atoms with Gasteiger partial charge in [0.25, 0.3) is 5.96 Å². The van der Waals surface area contributed by atoms with Gasteiger partial charge in [-0.05, 0) is 54.0 Å². The van der Waals surface area contributed by atoms with E-state index in [1.165, 1.54) is 22.5 Å². The average molecular weight is 640 g/mol. The number of halogens is 1. The summed E-state index contributed by atoms with van der Waals surface area (Å²) >= 11 is 0. The Labute approximate surface area is 252 Å². The van der Waals surface area contributed by atoms with Crippen molar-refractivity contribution in [3.8, 4) is 5.75 Å². The van der Waals surface area contributed by atoms with E-state index in [-0.39, 0.29) is 32.1 Å². The number of piperazine rings is 1. The number of guanidine groups is 1. The van der Waals surface area contributed by atoms with Crippen molar-refractivity contribution in [2.24, 2.45) is 10.9 Å². The van der Waals surface area contributed by atoms with Crippen LogP contribution in [0.1, 0.15) is 12.0 Å². The fourth-order valence-corrected chi connectivity index (χ4v) is 7.07. The van der Waals surface area contributed by atoms with Crippen LogP contribution in [-0.4, -0.2) is 66.5 Å². The second-order valence-corrected chi connectivity index (χ2v) is 12.6. The highest BCUT2D eigenvalue weighted by Gasteiger charge is 2.34. The van der Waals surface area contributed by atoms with E-state index in [2.05, 4.69) is 15.5 Å². The van der Waals surface area contributed by atoms with E-state index in [0.29, 0.717) is 26.1 Å². The van der Waals surface area contributed by atoms with Crippen molar-refractivity contribution in [1.29, 1.82) is 0 Å². The second kappa shape index (κ2) is 15.1. The SMILES string of the molecule is Cc1cccc(OCCCONC(N)=NOS(=O)(=O)c2ccccc2S(=O)(=O)N2CCN(c3ccccc3)CC2)c1.Cl. The Bertz CT molecular complexity index is 1550. The molecule has 0 saturated carbocycles. The van der Waals surface area contributed by atoms with Gasteiger partial charge in [-0.1, -0.05) is 42.5 Å². The van der Waals surface area contributed by atoms with E-state index >= 15 is 0 Å². The molecule has 0 amide bonds. The molecule has 1 fully saturated rings. The average Bonchev–Trinajstić information content (AvgIpc) is 2.98. The first kappa shape index (κ1) is 32.9. The summed E-state index contributed by atoms with van der Waals surface area (Å²) in [6, 6.07) is 22.5. The van der Waals surface area contributed by atoms with Gasteiger partial charge >= 0.3 is 10.1 Å². The zero-order valence-corrected chi connectivity index (χ0v) is 25.4. The van der Waals surface area contributed by atoms with Gasteiger partial charge in [0, 0.05) is 38.3 Å². The highest BCUT2D eigenvalue weighted by molar-refractivity contribution is 7.91. The molecular formula is C27H34ClN5O7S2. The standard InChI is InChI=1S/C27H33N5O7S2.ClH/c1-22-9-7-12-24(21-22)37-19-8-20-38-29-27(28)30-39-41(35,36)26-14-6-5-13-25(26)40(33,34)32-17-15-31(16-18-32)23-10-3-2-4-11-23;/h2-7,9-14,21H,8,15-20H2,1H3,(H3,28,29,30);1H. The predicted octanol–water partition coefficient (Wildman–Crippen LogP) is 2.85. The lowest BCUT2D eigenvalue weighted by molar-refractivity contribution is 0.0719. The van der Waals surface area contributed by atoms with Gasteiger partial charge in [0.2, 0.25) is 10.0 Å². The maximum Gasteiger partial charge on any atom is 0.359 e. The van der Waals surface area contributed by atoms with Crippen LogP contribution in [0.3, 0.4) is 0 Å². The van der Waals surface area contributed by atoms with Crippen molar-refractivity contribution in [3.05, 3.63) is 84.4 Å². The van der Waals surface area contributed by atoms with Crippen molar-refractivity contribution < 1.29 is 30.7 Å². The van der Waals surface area contributed by atoms with Gasteiger partial charge in [0.05, 0.1) is 13.2 Å². The highest BCUT2D eigenvalue weighted by Crippen LogP contribution is 2.27. The minimum Gasteiger partial charge on any atom is -0.493 e. The number of aryl methyl sites for hydroxylation is 1. The van der Waals surface area contributed by atoms with Gasteiger partial charge in [-0.2, -0.15) is 12.7 Å². The maximum absolute atomic E-state index is 13.5. The molecule has 1 saturated heterocycles. The molecule has 0 bridgehead atoms. The van der Waals surface area contributed by atoms with Crippen LogP contribution in [-0.2, 0) is 29.3 Å². The van der Waals surface area contributed by atoms with Crippen LogP contribution < -0.4 is 20.9 Å². The maximum atomic E-state index is 13.5. The van der Waals surface area contributed by atoms with E-state index in [1.807, 2.05) is 61.5 Å². The first-order chi connectivity index (χ1) is 19.7. The molecule has 3 aromatic carbocycles. The number of hydrogen-bond acceptors (Lipinski definition) is 9. The minimum atomic E-state index is -4.63. The number of sulfonamides is 1. The summed E-state index contributed by atoms with van der Waals surface area (Å²) in [5.41, 5.74) is 10.0. The smallest absolute Gasteiger partial charge is 0.359 e. The van der Waals surface area contributed by atoms with Crippen LogP contribution in [0.4, 0.5) is 5.69 Å². The van der Waals surface area contributed by atoms with Crippen molar-refractivity contribution >= 4 is 44.2 Å². The fraction of sp³-hybridized carbons (Fsp3) is 0.296. The number of nitrogens with two attached hydrogens (primary N) is 1. The summed E-state index contributed by atoms with van der Waals surface area (Å²) in [7, 11) is -8.78. The van der Waals surface area contributed by atoms with Crippen LogP contribution in [0, 0.1) is 6.92 Å². The first-order valence-corrected chi connectivity index (χ1v) is 15.8. The molecule has 12 nitrogen and oxygen atoms in total. The van der Waals surface area contributed by atoms with Gasteiger partial charge in [-0.3, -0.25) is 9.12 Å². The van der Waals surface area contributed by atoms with Crippen LogP contribution >= 0.6 is 12.4 Å². The van der Waals surface area contributed by atoms with Crippen molar-refractivity contribution in [2.45, 2.75) is 23.1 Å². The van der Waals surface area contributed by atoms with Crippen molar-refractivity contribution in [2.75, 3.05) is 44.3 Å². The molecular weight excluding hydrogens is 606 g/mol. The third-order valence-electron chi connectivity index (χ3n) is 6.16. The van der Waals surface area contributed by atoms with Gasteiger partial charge < -0.3 is 15.4 Å². The summed E-state index contributed by atoms with van der Waals surface area (Å²) in [4.78, 5) is 6.28. The lowest BCUT2D eigenvalue weighted by atomic mass is 10.2. The molecule has 3 N–H and O–H groups in total. The molecule has 1 aliphatic heterocycles. The number of rotatable bonds is 12. The van der Waals surface area contributed by atoms with E-state index in [1.54, 1.807) is 0 Å². The number of benzene rings is 3. The highest BCUT2D eigenvalue weighted by atomic mass is 35.5. The number of nitrogens with zero attached hydrogens (tertiary/aromatic N) is 3. The molecule has 0 aromatic heterocycles. The Morgan fingerprint density at radius 2 is 1.55 bits per heavy atom. The van der Waals surface area contributed by atoms with Crippen LogP contribution in [0.2, 0.25) is 0 Å². The van der Waals surface area contributed by atoms with E-state index < -0.39 is 35.9 Å². The predicted molar refractivity (Wildman–Crippen MR) is 161 cm³/mol. The molecule has 3 aromatic rings. The number of para-hydroxylation sites is 1. The van der Waals surface area contributed by atoms with Gasteiger partial charge in [-0.25, -0.2) is 13.9 Å². The summed E-state index contributed by atoms with van der Waals surface area (Å²) in [6.07, 6.45) is 0.512. The van der Waals surface area contributed by atoms with Gasteiger partial charge in [0.15, 0.2) is 0 Å². The summed E-state index contributed by atoms with van der Waals surface area (Å²) < 4.78 is 64.4. The van der Waals surface area contributed by atoms with E-state index in [0.717, 1.165) is 23.1 Å². The van der Waals surface area contributed by atoms with Crippen LogP contribution in [0.25, 0.3) is 0 Å². The van der Waals surface area contributed by atoms with Crippen LogP contribution in [0.5, 0.6) is 5.75 Å². The second-order valence-electron chi connectivity index (χ2n) is 9.15. The zero-order chi connectivity index (χ0) is 29.3. The Morgan fingerprint density at radius 3 is 2.24 bits per heavy atom. The molecule has 0 radical (unpaired) electrons. The normalized spacial score (nSPS) is 14.6. The van der Waals surface area contributed by atoms with Crippen molar-refractivity contribution in [3.63, 3.8) is 0 Å². The fourth-order valence-electron chi connectivity index (χ4n) is 4.13. The van der Waals surface area contributed by atoms with Gasteiger partial charge in [0.1, 0.15) is 15.5 Å². The summed E-state index contributed by atoms with van der Waals surface area (Å²) in [5, 5.41) is 3.35. The molecule has 1 aliphatic rings. The summed E-state index contributed by atoms with van der Waals surface area (Å²) in [5.74, 6) is 0.278. The molecule has 0 spiro atoms. The lowest BCUT2D eigenvalue weighted by Gasteiger charge is -2.35. The Kier molecular flexibility index (Phi) is 11.8. The number of anilines is 1. The molecule has 1 heterocycles. The third-order valence-corrected chi connectivity index (χ3v) is 9.41. The summed E-state index contributed by atoms with van der Waals surface area (Å²) in [6.45, 7) is 3.84. The Morgan fingerprint density at radius 1 is 0.881 bits per heavy atom. The topological polar surface area (TPSA) is 153 Å². The van der Waals surface area contributed by atoms with Crippen molar-refractivity contribution in [1.82, 2.24) is 9.79 Å². The Balaban J connectivity index is 0.00000484. The third kappa shape index (κ3) is 8.72. The molecule has 228 valence electrons. The lowest BCUT2D eigenvalue weighted by Crippen LogP contribution is -2.48. The number of oxime groups is 1. The number of nitrogens with one attached hydrogen (secondary N) is 1. The molecule has 15 heteroatoms. The quantitative estimate of drug-likeness (QED) is 0.131. The molecule has 0 atom stereocenters. The zero-order valence-electron chi connectivity index (χ0n) is 23.0. The minimum absolute atomic E-state index is 0. The number of ether oxygens (including phenoxy) is 1. The molecule has 42 heavy (non-hydrogen) atoms. The van der Waals surface area contributed by atoms with Crippen LogP contribution in [0.15, 0.2) is 93.8 Å². The Hall–Kier alpha value is -3.56. The van der Waals surface area contributed by atoms with Gasteiger partial charge in [-0.15, -0.1) is 12.4 Å². The van der Waals surface area contributed by atoms with E-state index in [9.17, 15) is 16.8 Å². The molecule has 4 rings (SSSR count). The number of hydrogen-bond donors (Lipinski definition) is 2. The molecule has 0 unspecified atom stereocenters. The number of hydroxylamine groups is 1. The molecule has 0 aliphatic carbocycles. The monoisotopic (exact) mass is 639 g/mol. The van der Waals surface area contributed by atoms with E-state index in [4.69, 9.17) is 19.6 Å². The largest absolute Gasteiger partial charge is 0.493 e. The first-order valence-electron chi connectivity index (χ1n) is 12.9.